The molecule has 0 saturated carbocycles. The summed E-state index contributed by atoms with van der Waals surface area (Å²) >= 11 is 3.27. The predicted octanol–water partition coefficient (Wildman–Crippen LogP) is 2.79. The fourth-order valence-electron chi connectivity index (χ4n) is 2.55. The van der Waals surface area contributed by atoms with E-state index >= 15 is 0 Å². The summed E-state index contributed by atoms with van der Waals surface area (Å²) in [5.41, 5.74) is 5.71. The number of hydrogen-bond acceptors (Lipinski definition) is 2. The second kappa shape index (κ2) is 6.48. The molecule has 104 valence electrons. The van der Waals surface area contributed by atoms with Gasteiger partial charge in [0.1, 0.15) is 5.82 Å². The average molecular weight is 329 g/mol. The Morgan fingerprint density at radius 1 is 1.53 bits per heavy atom. The molecule has 1 unspecified atom stereocenters. The van der Waals surface area contributed by atoms with Gasteiger partial charge in [-0.3, -0.25) is 4.79 Å². The zero-order valence-electron chi connectivity index (χ0n) is 10.7. The van der Waals surface area contributed by atoms with Gasteiger partial charge in [-0.1, -0.05) is 15.9 Å². The van der Waals surface area contributed by atoms with Crippen molar-refractivity contribution in [2.24, 2.45) is 11.7 Å². The fourth-order valence-corrected chi connectivity index (χ4v) is 2.91. The van der Waals surface area contributed by atoms with E-state index in [4.69, 9.17) is 5.73 Å². The molecule has 0 radical (unpaired) electrons. The highest BCUT2D eigenvalue weighted by Crippen LogP contribution is 2.23. The van der Waals surface area contributed by atoms with Gasteiger partial charge in [0.25, 0.3) is 5.91 Å². The maximum Gasteiger partial charge on any atom is 0.256 e. The van der Waals surface area contributed by atoms with E-state index in [0.29, 0.717) is 30.0 Å². The van der Waals surface area contributed by atoms with Crippen LogP contribution >= 0.6 is 15.9 Å². The highest BCUT2D eigenvalue weighted by atomic mass is 79.9. The molecule has 3 nitrogen and oxygen atoms in total. The SMILES string of the molecule is NCCC1CCCN(C(=O)c2cc(Br)ccc2F)C1. The summed E-state index contributed by atoms with van der Waals surface area (Å²) < 4.78 is 14.4. The van der Waals surface area contributed by atoms with Gasteiger partial charge in [0, 0.05) is 17.6 Å². The molecule has 1 amide bonds. The Bertz CT molecular complexity index is 465. The molecular weight excluding hydrogens is 311 g/mol. The maximum absolute atomic E-state index is 13.7. The zero-order valence-corrected chi connectivity index (χ0v) is 12.3. The van der Waals surface area contributed by atoms with E-state index < -0.39 is 5.82 Å². The van der Waals surface area contributed by atoms with E-state index in [1.165, 1.54) is 6.07 Å². The Hall–Kier alpha value is -0.940. The van der Waals surface area contributed by atoms with Crippen LogP contribution in [0.5, 0.6) is 0 Å². The van der Waals surface area contributed by atoms with Crippen LogP contribution in [0.15, 0.2) is 22.7 Å². The lowest BCUT2D eigenvalue weighted by Crippen LogP contribution is -2.40. The van der Waals surface area contributed by atoms with Crippen molar-refractivity contribution >= 4 is 21.8 Å². The number of benzene rings is 1. The van der Waals surface area contributed by atoms with Gasteiger partial charge in [-0.15, -0.1) is 0 Å². The van der Waals surface area contributed by atoms with Gasteiger partial charge in [0.15, 0.2) is 0 Å². The first-order valence-electron chi connectivity index (χ1n) is 6.56. The number of carbonyl (C=O) groups is 1. The number of carbonyl (C=O) groups excluding carboxylic acids is 1. The molecule has 5 heteroatoms. The van der Waals surface area contributed by atoms with Gasteiger partial charge in [-0.05, 0) is 49.9 Å². The van der Waals surface area contributed by atoms with Crippen LogP contribution in [0.3, 0.4) is 0 Å². The quantitative estimate of drug-likeness (QED) is 0.927. The van der Waals surface area contributed by atoms with Gasteiger partial charge < -0.3 is 10.6 Å². The topological polar surface area (TPSA) is 46.3 Å². The third kappa shape index (κ3) is 3.54. The van der Waals surface area contributed by atoms with Crippen molar-refractivity contribution < 1.29 is 9.18 Å². The van der Waals surface area contributed by atoms with Crippen LogP contribution < -0.4 is 5.73 Å². The molecular formula is C14H18BrFN2O. The standard InChI is InChI=1S/C14H18BrFN2O/c15-11-3-4-13(16)12(8-11)14(19)18-7-1-2-10(9-18)5-6-17/h3-4,8,10H,1-2,5-7,9,17H2. The average Bonchev–Trinajstić information content (AvgIpc) is 2.41. The fraction of sp³-hybridized carbons (Fsp3) is 0.500. The molecule has 1 saturated heterocycles. The predicted molar refractivity (Wildman–Crippen MR) is 76.4 cm³/mol. The summed E-state index contributed by atoms with van der Waals surface area (Å²) in [6.07, 6.45) is 2.98. The van der Waals surface area contributed by atoms with Crippen molar-refractivity contribution in [2.45, 2.75) is 19.3 Å². The van der Waals surface area contributed by atoms with Gasteiger partial charge in [-0.25, -0.2) is 4.39 Å². The molecule has 1 aliphatic rings. The zero-order chi connectivity index (χ0) is 13.8. The highest BCUT2D eigenvalue weighted by Gasteiger charge is 2.25. The Kier molecular flexibility index (Phi) is 4.93. The van der Waals surface area contributed by atoms with Gasteiger partial charge in [-0.2, -0.15) is 0 Å². The minimum Gasteiger partial charge on any atom is -0.338 e. The van der Waals surface area contributed by atoms with E-state index in [9.17, 15) is 9.18 Å². The summed E-state index contributed by atoms with van der Waals surface area (Å²) in [6, 6.07) is 4.46. The summed E-state index contributed by atoms with van der Waals surface area (Å²) in [6.45, 7) is 2.02. The molecule has 0 bridgehead atoms. The monoisotopic (exact) mass is 328 g/mol. The number of nitrogens with zero attached hydrogens (tertiary/aromatic N) is 1. The van der Waals surface area contributed by atoms with Crippen LogP contribution in [-0.4, -0.2) is 30.4 Å². The van der Waals surface area contributed by atoms with Crippen LogP contribution in [0.25, 0.3) is 0 Å². The summed E-state index contributed by atoms with van der Waals surface area (Å²) in [5.74, 6) is -0.243. The van der Waals surface area contributed by atoms with Crippen LogP contribution in [0.1, 0.15) is 29.6 Å². The summed E-state index contributed by atoms with van der Waals surface area (Å²) in [5, 5.41) is 0. The Labute approximate surface area is 121 Å². The van der Waals surface area contributed by atoms with Crippen molar-refractivity contribution in [2.75, 3.05) is 19.6 Å². The van der Waals surface area contributed by atoms with Crippen molar-refractivity contribution in [3.8, 4) is 0 Å². The Balaban J connectivity index is 2.12. The van der Waals surface area contributed by atoms with Crippen molar-refractivity contribution in [1.29, 1.82) is 0 Å². The first-order valence-corrected chi connectivity index (χ1v) is 7.35. The minimum absolute atomic E-state index is 0.141. The smallest absolute Gasteiger partial charge is 0.256 e. The van der Waals surface area contributed by atoms with E-state index in [0.717, 1.165) is 19.3 Å². The molecule has 2 rings (SSSR count). The molecule has 0 aromatic heterocycles. The molecule has 1 aromatic carbocycles. The molecule has 1 heterocycles. The lowest BCUT2D eigenvalue weighted by Gasteiger charge is -2.32. The second-order valence-corrected chi connectivity index (χ2v) is 5.88. The van der Waals surface area contributed by atoms with Gasteiger partial charge >= 0.3 is 0 Å². The number of piperidine rings is 1. The van der Waals surface area contributed by atoms with Crippen molar-refractivity contribution in [3.05, 3.63) is 34.1 Å². The van der Waals surface area contributed by atoms with Crippen molar-refractivity contribution in [1.82, 2.24) is 4.90 Å². The number of halogens is 2. The number of rotatable bonds is 3. The van der Waals surface area contributed by atoms with E-state index in [1.807, 2.05) is 0 Å². The van der Waals surface area contributed by atoms with E-state index in [1.54, 1.807) is 17.0 Å². The van der Waals surface area contributed by atoms with Crippen LogP contribution in [0.2, 0.25) is 0 Å². The summed E-state index contributed by atoms with van der Waals surface area (Å²) in [7, 11) is 0. The molecule has 1 aliphatic heterocycles. The third-order valence-corrected chi connectivity index (χ3v) is 4.03. The largest absolute Gasteiger partial charge is 0.338 e. The molecule has 0 aliphatic carbocycles. The van der Waals surface area contributed by atoms with Crippen LogP contribution in [-0.2, 0) is 0 Å². The number of likely N-dealkylation sites (tertiary alicyclic amines) is 1. The first-order chi connectivity index (χ1) is 9.11. The Morgan fingerprint density at radius 2 is 2.32 bits per heavy atom. The maximum atomic E-state index is 13.7. The normalized spacial score (nSPS) is 19.5. The number of nitrogens with two attached hydrogens (primary N) is 1. The number of amides is 1. The molecule has 1 aromatic rings. The Morgan fingerprint density at radius 3 is 3.05 bits per heavy atom. The molecule has 1 fully saturated rings. The van der Waals surface area contributed by atoms with Crippen LogP contribution in [0.4, 0.5) is 4.39 Å². The molecule has 19 heavy (non-hydrogen) atoms. The molecule has 2 N–H and O–H groups in total. The third-order valence-electron chi connectivity index (χ3n) is 3.54. The molecule has 1 atom stereocenters. The van der Waals surface area contributed by atoms with E-state index in [-0.39, 0.29) is 11.5 Å². The lowest BCUT2D eigenvalue weighted by molar-refractivity contribution is 0.0664. The van der Waals surface area contributed by atoms with Crippen molar-refractivity contribution in [3.63, 3.8) is 0 Å². The second-order valence-electron chi connectivity index (χ2n) is 4.96. The lowest BCUT2D eigenvalue weighted by atomic mass is 9.94. The minimum atomic E-state index is -0.464. The van der Waals surface area contributed by atoms with Crippen LogP contribution in [0, 0.1) is 11.7 Å². The highest BCUT2D eigenvalue weighted by molar-refractivity contribution is 9.10. The number of hydrogen-bond donors (Lipinski definition) is 1. The van der Waals surface area contributed by atoms with E-state index in [2.05, 4.69) is 15.9 Å². The van der Waals surface area contributed by atoms with Gasteiger partial charge in [0.2, 0.25) is 0 Å². The first kappa shape index (κ1) is 14.5. The molecule has 0 spiro atoms. The summed E-state index contributed by atoms with van der Waals surface area (Å²) in [4.78, 5) is 14.1. The van der Waals surface area contributed by atoms with Gasteiger partial charge in [0.05, 0.1) is 5.56 Å².